The molecule has 3 rings (SSSR count). The number of thiazole rings is 1. The Labute approximate surface area is 176 Å². The normalized spacial score (nSPS) is 10.9. The average molecular weight is 407 g/mol. The maximum atomic E-state index is 9.50. The summed E-state index contributed by atoms with van der Waals surface area (Å²) in [7, 11) is 1.73. The van der Waals surface area contributed by atoms with Gasteiger partial charge in [-0.05, 0) is 61.6 Å². The van der Waals surface area contributed by atoms with Crippen molar-refractivity contribution < 1.29 is 9.47 Å². The fourth-order valence-corrected chi connectivity index (χ4v) is 4.33. The second-order valence-corrected chi connectivity index (χ2v) is 8.09. The van der Waals surface area contributed by atoms with Crippen molar-refractivity contribution in [3.63, 3.8) is 0 Å². The van der Waals surface area contributed by atoms with E-state index in [1.54, 1.807) is 18.4 Å². The average Bonchev–Trinajstić information content (AvgIpc) is 3.21. The highest BCUT2D eigenvalue weighted by Gasteiger charge is 2.14. The molecule has 0 saturated carbocycles. The van der Waals surface area contributed by atoms with Gasteiger partial charge in [0.2, 0.25) is 0 Å². The van der Waals surface area contributed by atoms with Crippen molar-refractivity contribution in [1.29, 1.82) is 5.26 Å². The van der Waals surface area contributed by atoms with E-state index in [1.807, 2.05) is 38.2 Å². The number of benzene rings is 2. The van der Waals surface area contributed by atoms with Crippen LogP contribution in [0.2, 0.25) is 0 Å². The number of rotatable bonds is 8. The van der Waals surface area contributed by atoms with Crippen LogP contribution < -0.4 is 4.74 Å². The fourth-order valence-electron chi connectivity index (χ4n) is 3.37. The van der Waals surface area contributed by atoms with E-state index >= 15 is 0 Å². The molecule has 29 heavy (non-hydrogen) atoms. The third-order valence-corrected chi connectivity index (χ3v) is 5.76. The number of aromatic nitrogens is 1. The maximum Gasteiger partial charge on any atom is 0.137 e. The zero-order valence-corrected chi connectivity index (χ0v) is 18.2. The highest BCUT2D eigenvalue weighted by molar-refractivity contribution is 7.18. The van der Waals surface area contributed by atoms with Crippen molar-refractivity contribution in [1.82, 2.24) is 4.98 Å². The number of methoxy groups -OCH3 is 1. The first-order valence-electron chi connectivity index (χ1n) is 9.84. The highest BCUT2D eigenvalue weighted by atomic mass is 32.1. The van der Waals surface area contributed by atoms with Crippen LogP contribution in [-0.2, 0) is 17.6 Å². The molecule has 0 bridgehead atoms. The molecule has 0 atom stereocenters. The lowest BCUT2D eigenvalue weighted by Gasteiger charge is -2.12. The molecule has 0 spiro atoms. The van der Waals surface area contributed by atoms with Gasteiger partial charge in [0, 0.05) is 18.9 Å². The van der Waals surface area contributed by atoms with Gasteiger partial charge in [-0.25, -0.2) is 4.98 Å². The molecule has 150 valence electrons. The van der Waals surface area contributed by atoms with E-state index in [0.717, 1.165) is 28.3 Å². The highest BCUT2D eigenvalue weighted by Crippen LogP contribution is 2.36. The number of hydrogen-bond donors (Lipinski definition) is 0. The minimum absolute atomic E-state index is 0.0252. The Kier molecular flexibility index (Phi) is 7.03. The van der Waals surface area contributed by atoms with Gasteiger partial charge in [-0.15, -0.1) is 11.3 Å². The first-order valence-corrected chi connectivity index (χ1v) is 10.7. The molecule has 0 amide bonds. The van der Waals surface area contributed by atoms with E-state index in [2.05, 4.69) is 36.2 Å². The van der Waals surface area contributed by atoms with E-state index in [-0.39, 0.29) is 6.10 Å². The molecule has 4 nitrogen and oxygen atoms in total. The van der Waals surface area contributed by atoms with Crippen LogP contribution in [0.15, 0.2) is 42.6 Å². The lowest BCUT2D eigenvalue weighted by molar-refractivity contribution is 0.202. The fraction of sp³-hybridized carbons (Fsp3) is 0.333. The largest absolute Gasteiger partial charge is 0.490 e. The summed E-state index contributed by atoms with van der Waals surface area (Å²) in [5, 5.41) is 10.4. The van der Waals surface area contributed by atoms with Gasteiger partial charge < -0.3 is 9.47 Å². The van der Waals surface area contributed by atoms with E-state index in [1.165, 1.54) is 16.7 Å². The molecule has 0 N–H and O–H groups in total. The topological polar surface area (TPSA) is 55.1 Å². The lowest BCUT2D eigenvalue weighted by atomic mass is 9.96. The third kappa shape index (κ3) is 4.84. The van der Waals surface area contributed by atoms with Crippen molar-refractivity contribution in [3.8, 4) is 32.8 Å². The predicted octanol–water partition coefficient (Wildman–Crippen LogP) is 5.89. The molecule has 3 aromatic rings. The molecular weight excluding hydrogens is 380 g/mol. The summed E-state index contributed by atoms with van der Waals surface area (Å²) in [4.78, 5) is 5.78. The molecule has 5 heteroatoms. The minimum atomic E-state index is 0.0252. The smallest absolute Gasteiger partial charge is 0.137 e. The van der Waals surface area contributed by atoms with E-state index in [0.29, 0.717) is 17.9 Å². The Bertz CT molecular complexity index is 1020. The third-order valence-electron chi connectivity index (χ3n) is 4.68. The number of nitriles is 1. The molecule has 1 aromatic heterocycles. The number of hydrogen-bond acceptors (Lipinski definition) is 5. The van der Waals surface area contributed by atoms with Crippen LogP contribution in [0.1, 0.15) is 37.5 Å². The van der Waals surface area contributed by atoms with E-state index < -0.39 is 0 Å². The van der Waals surface area contributed by atoms with Gasteiger partial charge >= 0.3 is 0 Å². The summed E-state index contributed by atoms with van der Waals surface area (Å²) >= 11 is 1.65. The van der Waals surface area contributed by atoms with Crippen molar-refractivity contribution in [2.45, 2.75) is 39.7 Å². The molecule has 0 aliphatic rings. The quantitative estimate of drug-likeness (QED) is 0.468. The van der Waals surface area contributed by atoms with E-state index in [9.17, 15) is 5.26 Å². The van der Waals surface area contributed by atoms with Crippen LogP contribution in [0.25, 0.3) is 21.0 Å². The molecule has 0 radical (unpaired) electrons. The molecular formula is C24H26N2O2S. The standard InChI is InChI=1S/C24H26N2O2S/c1-5-20-17(11-12-27-4)7-6-8-21(20)23-15-26-24(29-23)18-9-10-22(28-16(2)3)19(13-18)14-25/h6-10,13,15-16H,5,11-12H2,1-4H3. The molecule has 2 aromatic carbocycles. The van der Waals surface area contributed by atoms with Crippen molar-refractivity contribution in [3.05, 3.63) is 59.3 Å². The molecule has 0 aliphatic carbocycles. The number of ether oxygens (including phenoxy) is 2. The number of nitrogens with zero attached hydrogens (tertiary/aromatic N) is 2. The van der Waals surface area contributed by atoms with Gasteiger partial charge in [-0.2, -0.15) is 5.26 Å². The Morgan fingerprint density at radius 1 is 1.21 bits per heavy atom. The van der Waals surface area contributed by atoms with Crippen molar-refractivity contribution in [2.75, 3.05) is 13.7 Å². The van der Waals surface area contributed by atoms with Gasteiger partial charge in [0.05, 0.1) is 23.2 Å². The minimum Gasteiger partial charge on any atom is -0.490 e. The summed E-state index contributed by atoms with van der Waals surface area (Å²) in [5.74, 6) is 0.613. The molecule has 0 unspecified atom stereocenters. The molecule has 0 aliphatic heterocycles. The van der Waals surface area contributed by atoms with Gasteiger partial charge in [0.15, 0.2) is 0 Å². The second-order valence-electron chi connectivity index (χ2n) is 7.06. The zero-order valence-electron chi connectivity index (χ0n) is 17.4. The summed E-state index contributed by atoms with van der Waals surface area (Å²) in [6.45, 7) is 6.80. The Morgan fingerprint density at radius 2 is 2.03 bits per heavy atom. The van der Waals surface area contributed by atoms with E-state index in [4.69, 9.17) is 9.47 Å². The van der Waals surface area contributed by atoms with Crippen LogP contribution in [0.5, 0.6) is 5.75 Å². The van der Waals surface area contributed by atoms with Gasteiger partial charge in [0.1, 0.15) is 16.8 Å². The second kappa shape index (κ2) is 9.69. The first-order chi connectivity index (χ1) is 14.1. The van der Waals surface area contributed by atoms with Crippen molar-refractivity contribution in [2.24, 2.45) is 0 Å². The maximum absolute atomic E-state index is 9.50. The lowest BCUT2D eigenvalue weighted by Crippen LogP contribution is -2.06. The SMILES string of the molecule is CCc1c(CCOC)cccc1-c1cnc(-c2ccc(OC(C)C)c(C#N)c2)s1. The predicted molar refractivity (Wildman–Crippen MR) is 118 cm³/mol. The molecule has 1 heterocycles. The molecule has 0 fully saturated rings. The molecule has 0 saturated heterocycles. The van der Waals surface area contributed by atoms with Gasteiger partial charge in [-0.1, -0.05) is 25.1 Å². The monoisotopic (exact) mass is 406 g/mol. The first kappa shape index (κ1) is 21.0. The summed E-state index contributed by atoms with van der Waals surface area (Å²) in [5.41, 5.74) is 5.36. The Hall–Kier alpha value is -2.68. The Balaban J connectivity index is 1.95. The van der Waals surface area contributed by atoms with Gasteiger partial charge in [0.25, 0.3) is 0 Å². The summed E-state index contributed by atoms with van der Waals surface area (Å²) < 4.78 is 11.0. The zero-order chi connectivity index (χ0) is 20.8. The van der Waals surface area contributed by atoms with Crippen LogP contribution in [0.4, 0.5) is 0 Å². The van der Waals surface area contributed by atoms with Crippen LogP contribution in [-0.4, -0.2) is 24.8 Å². The summed E-state index contributed by atoms with van der Waals surface area (Å²) in [6, 6.07) is 14.4. The van der Waals surface area contributed by atoms with Crippen LogP contribution in [0, 0.1) is 11.3 Å². The van der Waals surface area contributed by atoms with Crippen molar-refractivity contribution >= 4 is 11.3 Å². The van der Waals surface area contributed by atoms with Crippen LogP contribution >= 0.6 is 11.3 Å². The van der Waals surface area contributed by atoms with Crippen LogP contribution in [0.3, 0.4) is 0 Å². The Morgan fingerprint density at radius 3 is 2.72 bits per heavy atom. The van der Waals surface area contributed by atoms with Gasteiger partial charge in [-0.3, -0.25) is 0 Å². The summed E-state index contributed by atoms with van der Waals surface area (Å²) in [6.07, 6.45) is 3.82.